The number of anilines is 1. The normalized spacial score (nSPS) is 11.5. The zero-order valence-corrected chi connectivity index (χ0v) is 36.1. The number of phenols is 4. The van der Waals surface area contributed by atoms with Crippen molar-refractivity contribution >= 4 is 73.2 Å². The number of hydrogen-bond acceptors (Lipinski definition) is 18. The molecule has 0 spiro atoms. The van der Waals surface area contributed by atoms with Crippen LogP contribution in [-0.2, 0) is 10.1 Å². The summed E-state index contributed by atoms with van der Waals surface area (Å²) in [6, 6.07) is 27.5. The fourth-order valence-corrected chi connectivity index (χ4v) is 5.28. The van der Waals surface area contributed by atoms with E-state index in [-0.39, 0.29) is 99.0 Å². The first-order chi connectivity index (χ1) is 27.7. The van der Waals surface area contributed by atoms with Crippen LogP contribution in [0.2, 0.25) is 0 Å². The molecule has 19 nitrogen and oxygen atoms in total. The second kappa shape index (κ2) is 20.6. The molecular weight excluding hydrogens is 821 g/mol. The molecule has 0 aliphatic heterocycles. The summed E-state index contributed by atoms with van der Waals surface area (Å²) < 4.78 is 33.8. The number of benzene rings is 6. The van der Waals surface area contributed by atoms with E-state index in [1.165, 1.54) is 72.8 Å². The van der Waals surface area contributed by atoms with Crippen molar-refractivity contribution in [1.29, 1.82) is 0 Å². The van der Waals surface area contributed by atoms with Gasteiger partial charge in [0.15, 0.2) is 11.5 Å². The van der Waals surface area contributed by atoms with Crippen LogP contribution in [0.5, 0.6) is 23.0 Å². The van der Waals surface area contributed by atoms with Gasteiger partial charge in [-0.1, -0.05) is 6.07 Å². The third-order valence-corrected chi connectivity index (χ3v) is 8.56. The summed E-state index contributed by atoms with van der Waals surface area (Å²) in [4.78, 5) is 23.4. The van der Waals surface area contributed by atoms with Crippen LogP contribution in [-0.4, -0.2) is 45.3 Å². The van der Waals surface area contributed by atoms with Crippen molar-refractivity contribution in [2.24, 2.45) is 40.9 Å². The summed E-state index contributed by atoms with van der Waals surface area (Å²) in [5.74, 6) is -4.08. The van der Waals surface area contributed by atoms with E-state index in [0.717, 1.165) is 24.3 Å². The maximum Gasteiger partial charge on any atom is 1.00 e. The number of carboxylic acid groups (broad SMARTS) is 1. The molecule has 0 saturated heterocycles. The number of hydrogen-bond donors (Lipinski definition) is 5. The Morgan fingerprint density at radius 1 is 0.517 bits per heavy atom. The fraction of sp³-hybridized carbons (Fsp3) is 0. The molecule has 0 aromatic heterocycles. The van der Waals surface area contributed by atoms with Crippen LogP contribution in [0.25, 0.3) is 0 Å². The molecule has 0 fully saturated rings. The van der Waals surface area contributed by atoms with Crippen LogP contribution >= 0.6 is 0 Å². The van der Waals surface area contributed by atoms with Gasteiger partial charge in [-0.3, -0.25) is 4.79 Å². The SMILES string of the molecule is O=C(Nc1ccc(N=Nc2ccc(N=Nc3cc(N=Nc4cccc(S(=O)(=O)[O-])c4)ccc3O)c(O)c2O)cc1)c1ccc(N=Nc2ccc(O)c(C(=O)[O-])c2)cc1.[Na+].[Na+]. The van der Waals surface area contributed by atoms with Gasteiger partial charge in [0.05, 0.1) is 39.3 Å². The summed E-state index contributed by atoms with van der Waals surface area (Å²) in [5.41, 5.74) is 1.09. The minimum Gasteiger partial charge on any atom is -0.744 e. The molecule has 290 valence electrons. The van der Waals surface area contributed by atoms with Crippen LogP contribution in [0.1, 0.15) is 20.7 Å². The number of nitrogens with one attached hydrogen (secondary N) is 1. The maximum atomic E-state index is 12.8. The Labute approximate surface area is 384 Å². The quantitative estimate of drug-likeness (QED) is 0.0519. The average Bonchev–Trinajstić information content (AvgIpc) is 3.21. The molecule has 0 aliphatic rings. The Balaban J connectivity index is 0.00000397. The van der Waals surface area contributed by atoms with Crippen LogP contribution < -0.4 is 69.5 Å². The molecule has 0 aliphatic carbocycles. The van der Waals surface area contributed by atoms with Gasteiger partial charge in [-0.05, 0) is 115 Å². The van der Waals surface area contributed by atoms with E-state index in [1.54, 1.807) is 24.3 Å². The molecule has 6 aromatic rings. The first-order valence-electron chi connectivity index (χ1n) is 16.4. The van der Waals surface area contributed by atoms with Gasteiger partial charge in [0.2, 0.25) is 0 Å². The Morgan fingerprint density at radius 3 is 1.57 bits per heavy atom. The maximum absolute atomic E-state index is 12.8. The van der Waals surface area contributed by atoms with Crippen molar-refractivity contribution in [3.05, 3.63) is 132 Å². The number of azo groups is 4. The number of carbonyl (C=O) groups is 2. The number of amides is 1. The van der Waals surface area contributed by atoms with Crippen molar-refractivity contribution in [2.45, 2.75) is 4.90 Å². The van der Waals surface area contributed by atoms with Crippen LogP contribution in [0, 0.1) is 0 Å². The molecular formula is C38H25N9Na2O10S. The van der Waals surface area contributed by atoms with Gasteiger partial charge in [-0.15, -0.1) is 15.3 Å². The van der Waals surface area contributed by atoms with Gasteiger partial charge in [-0.2, -0.15) is 25.6 Å². The van der Waals surface area contributed by atoms with Gasteiger partial charge < -0.3 is 40.2 Å². The molecule has 0 saturated carbocycles. The second-order valence-electron chi connectivity index (χ2n) is 11.8. The van der Waals surface area contributed by atoms with Gasteiger partial charge in [0.1, 0.15) is 38.7 Å². The summed E-state index contributed by atoms with van der Waals surface area (Å²) in [6.07, 6.45) is 0. The minimum atomic E-state index is -4.69. The molecule has 6 aromatic carbocycles. The molecule has 0 bridgehead atoms. The number of nitrogens with zero attached hydrogens (tertiary/aromatic N) is 8. The molecule has 0 heterocycles. The topological polar surface area (TPSA) is 306 Å². The van der Waals surface area contributed by atoms with E-state index in [9.17, 15) is 48.1 Å². The first kappa shape index (κ1) is 46.5. The third-order valence-electron chi connectivity index (χ3n) is 7.73. The fourth-order valence-electron chi connectivity index (χ4n) is 4.77. The standard InChI is InChI=1S/C38H27N9O10S.2Na/c48-33-16-12-26(19-29(33)38(53)54)43-40-23-6-4-21(5-7-23)37(52)39-22-8-10-24(11-9-22)41-45-30-14-15-31(36(51)35(30)50)46-47-32-20-27(13-17-34(32)49)44-42-25-2-1-3-28(18-25)58(55,56)57;;/h1-20,48-51H,(H,39,52)(H,53,54)(H,55,56,57);;/q;2*+1/p-2. The number of rotatable bonds is 12. The van der Waals surface area contributed by atoms with E-state index in [2.05, 4.69) is 46.2 Å². The van der Waals surface area contributed by atoms with E-state index in [1.807, 2.05) is 0 Å². The van der Waals surface area contributed by atoms with Crippen LogP contribution in [0.4, 0.5) is 51.2 Å². The van der Waals surface area contributed by atoms with Crippen molar-refractivity contribution < 1.29 is 107 Å². The zero-order valence-electron chi connectivity index (χ0n) is 31.3. The van der Waals surface area contributed by atoms with Crippen molar-refractivity contribution in [3.8, 4) is 23.0 Å². The Kier molecular flexibility index (Phi) is 16.0. The summed E-state index contributed by atoms with van der Waals surface area (Å²) in [5, 5.41) is 86.4. The van der Waals surface area contributed by atoms with Gasteiger partial charge >= 0.3 is 59.1 Å². The summed E-state index contributed by atoms with van der Waals surface area (Å²) in [7, 11) is -4.69. The summed E-state index contributed by atoms with van der Waals surface area (Å²) >= 11 is 0. The molecule has 0 atom stereocenters. The number of carboxylic acids is 1. The molecule has 0 unspecified atom stereocenters. The van der Waals surface area contributed by atoms with Crippen molar-refractivity contribution in [3.63, 3.8) is 0 Å². The minimum absolute atomic E-state index is 0. The number of phenolic OH excluding ortho intramolecular Hbond substituents is 3. The third kappa shape index (κ3) is 12.2. The van der Waals surface area contributed by atoms with E-state index in [4.69, 9.17) is 0 Å². The Hall–Kier alpha value is -6.23. The number of aromatic carboxylic acids is 1. The van der Waals surface area contributed by atoms with Crippen molar-refractivity contribution in [1.82, 2.24) is 0 Å². The monoisotopic (exact) mass is 845 g/mol. The van der Waals surface area contributed by atoms with Crippen molar-refractivity contribution in [2.75, 3.05) is 5.32 Å². The van der Waals surface area contributed by atoms with Gasteiger partial charge in [0, 0.05) is 16.8 Å². The predicted octanol–water partition coefficient (Wildman–Crippen LogP) is 2.70. The van der Waals surface area contributed by atoms with Crippen LogP contribution in [0.3, 0.4) is 0 Å². The van der Waals surface area contributed by atoms with Crippen LogP contribution in [0.15, 0.2) is 167 Å². The first-order valence-corrected chi connectivity index (χ1v) is 17.8. The molecule has 1 amide bonds. The molecule has 5 N–H and O–H groups in total. The Morgan fingerprint density at radius 2 is 0.983 bits per heavy atom. The van der Waals surface area contributed by atoms with Gasteiger partial charge in [0.25, 0.3) is 5.91 Å². The molecule has 60 heavy (non-hydrogen) atoms. The van der Waals surface area contributed by atoms with E-state index in [0.29, 0.717) is 22.6 Å². The largest absolute Gasteiger partial charge is 1.00 e. The Bertz CT molecular complexity index is 2790. The molecule has 22 heteroatoms. The number of carbonyl (C=O) groups excluding carboxylic acids is 2. The van der Waals surface area contributed by atoms with Gasteiger partial charge in [-0.25, -0.2) is 8.42 Å². The van der Waals surface area contributed by atoms with E-state index >= 15 is 0 Å². The zero-order chi connectivity index (χ0) is 41.4. The predicted molar refractivity (Wildman–Crippen MR) is 202 cm³/mol. The average molecular weight is 846 g/mol. The molecule has 0 radical (unpaired) electrons. The summed E-state index contributed by atoms with van der Waals surface area (Å²) in [6.45, 7) is 0. The number of aromatic hydroxyl groups is 4. The smallest absolute Gasteiger partial charge is 0.744 e. The van der Waals surface area contributed by atoms with E-state index < -0.39 is 49.7 Å². The second-order valence-corrected chi connectivity index (χ2v) is 13.1. The molecule has 6 rings (SSSR count).